The summed E-state index contributed by atoms with van der Waals surface area (Å²) in [6, 6.07) is 4.47. The van der Waals surface area contributed by atoms with Crippen molar-refractivity contribution in [3.8, 4) is 17.6 Å². The SMILES string of the molecule is NCC#Cc1cc(F)cc(OCCN2CCOCC2)c1. The van der Waals surface area contributed by atoms with Crippen LogP contribution < -0.4 is 10.5 Å². The molecule has 0 aliphatic carbocycles. The van der Waals surface area contributed by atoms with E-state index in [0.717, 1.165) is 32.8 Å². The molecule has 5 heteroatoms. The minimum Gasteiger partial charge on any atom is -0.492 e. The monoisotopic (exact) mass is 278 g/mol. The molecule has 1 aromatic rings. The van der Waals surface area contributed by atoms with Gasteiger partial charge in [-0.3, -0.25) is 4.90 Å². The highest BCUT2D eigenvalue weighted by Crippen LogP contribution is 2.16. The summed E-state index contributed by atoms with van der Waals surface area (Å²) in [7, 11) is 0. The lowest BCUT2D eigenvalue weighted by molar-refractivity contribution is 0.0322. The summed E-state index contributed by atoms with van der Waals surface area (Å²) in [5, 5.41) is 0. The van der Waals surface area contributed by atoms with E-state index in [2.05, 4.69) is 16.7 Å². The Morgan fingerprint density at radius 2 is 2.10 bits per heavy atom. The fraction of sp³-hybridized carbons (Fsp3) is 0.467. The van der Waals surface area contributed by atoms with Gasteiger partial charge in [-0.25, -0.2) is 4.39 Å². The summed E-state index contributed by atoms with van der Waals surface area (Å²) in [5.74, 6) is 5.65. The zero-order chi connectivity index (χ0) is 14.2. The molecule has 0 aromatic heterocycles. The van der Waals surface area contributed by atoms with Crippen molar-refractivity contribution in [1.82, 2.24) is 4.90 Å². The molecule has 0 amide bonds. The zero-order valence-electron chi connectivity index (χ0n) is 11.4. The average Bonchev–Trinajstić information content (AvgIpc) is 2.46. The smallest absolute Gasteiger partial charge is 0.128 e. The number of nitrogens with zero attached hydrogens (tertiary/aromatic N) is 1. The van der Waals surface area contributed by atoms with Crippen LogP contribution in [0.5, 0.6) is 5.75 Å². The standard InChI is InChI=1S/C15H19FN2O2/c16-14-10-13(2-1-3-17)11-15(12-14)20-9-6-18-4-7-19-8-5-18/h10-12H,3-9,17H2. The van der Waals surface area contributed by atoms with Crippen molar-refractivity contribution < 1.29 is 13.9 Å². The first kappa shape index (κ1) is 14.8. The number of halogens is 1. The Morgan fingerprint density at radius 1 is 1.30 bits per heavy atom. The van der Waals surface area contributed by atoms with Crippen LogP contribution in [0, 0.1) is 17.7 Å². The summed E-state index contributed by atoms with van der Waals surface area (Å²) in [4.78, 5) is 2.26. The summed E-state index contributed by atoms with van der Waals surface area (Å²) < 4.78 is 24.3. The lowest BCUT2D eigenvalue weighted by Crippen LogP contribution is -2.38. The molecule has 20 heavy (non-hydrogen) atoms. The van der Waals surface area contributed by atoms with Gasteiger partial charge in [-0.2, -0.15) is 0 Å². The normalized spacial score (nSPS) is 15.5. The molecule has 2 rings (SSSR count). The Balaban J connectivity index is 1.86. The van der Waals surface area contributed by atoms with Crippen molar-refractivity contribution in [1.29, 1.82) is 0 Å². The second kappa shape index (κ2) is 7.85. The van der Waals surface area contributed by atoms with E-state index in [4.69, 9.17) is 15.2 Å². The largest absolute Gasteiger partial charge is 0.492 e. The maximum Gasteiger partial charge on any atom is 0.128 e. The first-order valence-electron chi connectivity index (χ1n) is 6.70. The Morgan fingerprint density at radius 3 is 2.85 bits per heavy atom. The summed E-state index contributed by atoms with van der Waals surface area (Å²) in [6.07, 6.45) is 0. The van der Waals surface area contributed by atoms with Crippen LogP contribution in [-0.4, -0.2) is 50.9 Å². The van der Waals surface area contributed by atoms with Crippen LogP contribution in [0.1, 0.15) is 5.56 Å². The summed E-state index contributed by atoms with van der Waals surface area (Å²) in [5.41, 5.74) is 5.88. The molecule has 1 saturated heterocycles. The van der Waals surface area contributed by atoms with Gasteiger partial charge in [0.25, 0.3) is 0 Å². The predicted molar refractivity (Wildman–Crippen MR) is 75.1 cm³/mol. The van der Waals surface area contributed by atoms with Crippen molar-refractivity contribution in [3.05, 3.63) is 29.6 Å². The van der Waals surface area contributed by atoms with Crippen LogP contribution in [0.25, 0.3) is 0 Å². The fourth-order valence-corrected chi connectivity index (χ4v) is 1.99. The van der Waals surface area contributed by atoms with E-state index >= 15 is 0 Å². The van der Waals surface area contributed by atoms with Gasteiger partial charge in [0.15, 0.2) is 0 Å². The number of morpholine rings is 1. The molecule has 1 aliphatic heterocycles. The van der Waals surface area contributed by atoms with Crippen molar-refractivity contribution in [2.75, 3.05) is 46.0 Å². The van der Waals surface area contributed by atoms with E-state index in [1.807, 2.05) is 0 Å². The van der Waals surface area contributed by atoms with Gasteiger partial charge in [0.05, 0.1) is 19.8 Å². The molecule has 1 heterocycles. The fourth-order valence-electron chi connectivity index (χ4n) is 1.99. The number of hydrogen-bond donors (Lipinski definition) is 1. The zero-order valence-corrected chi connectivity index (χ0v) is 11.4. The topological polar surface area (TPSA) is 47.7 Å². The van der Waals surface area contributed by atoms with Crippen LogP contribution in [-0.2, 0) is 4.74 Å². The Labute approximate surface area is 118 Å². The number of benzene rings is 1. The maximum atomic E-state index is 13.4. The Bertz CT molecular complexity index is 490. The van der Waals surface area contributed by atoms with Gasteiger partial charge in [0.2, 0.25) is 0 Å². The van der Waals surface area contributed by atoms with Gasteiger partial charge >= 0.3 is 0 Å². The van der Waals surface area contributed by atoms with Gasteiger partial charge in [-0.1, -0.05) is 11.8 Å². The highest BCUT2D eigenvalue weighted by molar-refractivity contribution is 5.40. The minimum absolute atomic E-state index is 0.254. The lowest BCUT2D eigenvalue weighted by Gasteiger charge is -2.26. The van der Waals surface area contributed by atoms with Gasteiger partial charge in [0, 0.05) is 31.3 Å². The van der Waals surface area contributed by atoms with Crippen LogP contribution in [0.15, 0.2) is 18.2 Å². The second-order valence-corrected chi connectivity index (χ2v) is 4.48. The molecule has 1 aromatic carbocycles. The predicted octanol–water partition coefficient (Wildman–Crippen LogP) is 0.847. The molecule has 0 atom stereocenters. The van der Waals surface area contributed by atoms with Crippen molar-refractivity contribution >= 4 is 0 Å². The highest BCUT2D eigenvalue weighted by Gasteiger charge is 2.10. The number of hydrogen-bond acceptors (Lipinski definition) is 4. The Hall–Kier alpha value is -1.61. The van der Waals surface area contributed by atoms with Crippen LogP contribution in [0.2, 0.25) is 0 Å². The van der Waals surface area contributed by atoms with E-state index in [9.17, 15) is 4.39 Å². The van der Waals surface area contributed by atoms with E-state index in [1.54, 1.807) is 6.07 Å². The van der Waals surface area contributed by atoms with Gasteiger partial charge in [-0.05, 0) is 12.1 Å². The van der Waals surface area contributed by atoms with Gasteiger partial charge in [-0.15, -0.1) is 0 Å². The first-order valence-corrected chi connectivity index (χ1v) is 6.70. The van der Waals surface area contributed by atoms with Crippen LogP contribution in [0.3, 0.4) is 0 Å². The van der Waals surface area contributed by atoms with Crippen molar-refractivity contribution in [2.24, 2.45) is 5.73 Å². The van der Waals surface area contributed by atoms with Crippen molar-refractivity contribution in [3.63, 3.8) is 0 Å². The molecule has 0 bridgehead atoms. The van der Waals surface area contributed by atoms with E-state index in [-0.39, 0.29) is 12.4 Å². The Kier molecular flexibility index (Phi) is 5.81. The third-order valence-electron chi connectivity index (χ3n) is 2.99. The number of nitrogens with two attached hydrogens (primary N) is 1. The molecular formula is C15H19FN2O2. The summed E-state index contributed by atoms with van der Waals surface area (Å²) in [6.45, 7) is 4.94. The third kappa shape index (κ3) is 4.82. The molecule has 2 N–H and O–H groups in total. The molecular weight excluding hydrogens is 259 g/mol. The second-order valence-electron chi connectivity index (χ2n) is 4.48. The summed E-state index contributed by atoms with van der Waals surface area (Å²) >= 11 is 0. The third-order valence-corrected chi connectivity index (χ3v) is 2.99. The lowest BCUT2D eigenvalue weighted by atomic mass is 10.2. The quantitative estimate of drug-likeness (QED) is 0.829. The molecule has 0 radical (unpaired) electrons. The van der Waals surface area contributed by atoms with E-state index < -0.39 is 0 Å². The van der Waals surface area contributed by atoms with Gasteiger partial charge in [0.1, 0.15) is 18.2 Å². The number of rotatable bonds is 4. The molecule has 108 valence electrons. The van der Waals surface area contributed by atoms with Crippen LogP contribution >= 0.6 is 0 Å². The minimum atomic E-state index is -0.352. The highest BCUT2D eigenvalue weighted by atomic mass is 19.1. The van der Waals surface area contributed by atoms with E-state index in [0.29, 0.717) is 17.9 Å². The molecule has 1 fully saturated rings. The first-order chi connectivity index (χ1) is 9.78. The molecule has 0 unspecified atom stereocenters. The molecule has 0 spiro atoms. The van der Waals surface area contributed by atoms with Crippen LogP contribution in [0.4, 0.5) is 4.39 Å². The van der Waals surface area contributed by atoms with E-state index in [1.165, 1.54) is 12.1 Å². The molecule has 1 aliphatic rings. The molecule has 0 saturated carbocycles. The molecule has 4 nitrogen and oxygen atoms in total. The van der Waals surface area contributed by atoms with Crippen molar-refractivity contribution in [2.45, 2.75) is 0 Å². The maximum absolute atomic E-state index is 13.4. The number of ether oxygens (including phenoxy) is 2. The average molecular weight is 278 g/mol. The van der Waals surface area contributed by atoms with Gasteiger partial charge < -0.3 is 15.2 Å².